The van der Waals surface area contributed by atoms with E-state index in [4.69, 9.17) is 18.0 Å². The molecule has 1 amide bonds. The van der Waals surface area contributed by atoms with Gasteiger partial charge in [-0.3, -0.25) is 4.79 Å². The minimum atomic E-state index is -0.574. The molecule has 0 spiro atoms. The Labute approximate surface area is 128 Å². The second-order valence-electron chi connectivity index (χ2n) is 7.44. The van der Waals surface area contributed by atoms with Crippen molar-refractivity contribution in [2.24, 2.45) is 16.6 Å². The zero-order valence-corrected chi connectivity index (χ0v) is 13.7. The molecule has 2 aliphatic rings. The molecule has 0 saturated heterocycles. The van der Waals surface area contributed by atoms with Crippen LogP contribution in [-0.2, 0) is 4.79 Å². The fourth-order valence-electron chi connectivity index (χ4n) is 3.89. The first kappa shape index (κ1) is 15.7. The van der Waals surface area contributed by atoms with Gasteiger partial charge >= 0.3 is 0 Å². The third-order valence-corrected chi connectivity index (χ3v) is 5.54. The number of amides is 1. The van der Waals surface area contributed by atoms with Crippen LogP contribution in [0, 0.1) is 10.8 Å². The minimum Gasteiger partial charge on any atom is -0.392 e. The van der Waals surface area contributed by atoms with Gasteiger partial charge in [0, 0.05) is 6.04 Å². The molecule has 0 aromatic rings. The van der Waals surface area contributed by atoms with Crippen molar-refractivity contribution in [3.05, 3.63) is 0 Å². The summed E-state index contributed by atoms with van der Waals surface area (Å²) in [6.07, 6.45) is 9.54. The van der Waals surface area contributed by atoms with Gasteiger partial charge in [0.05, 0.1) is 10.4 Å². The fourth-order valence-corrected chi connectivity index (χ4v) is 4.18. The lowest BCUT2D eigenvalue weighted by Gasteiger charge is -2.39. The van der Waals surface area contributed by atoms with Crippen LogP contribution < -0.4 is 11.1 Å². The standard InChI is InChI=1S/C16H28N2OS/c1-15(2)8-6-7-12(11-15)18-14(19)16(13(17)20)9-4-3-5-10-16/h12H,3-11H2,1-2H3,(H2,17,20)(H,18,19). The Morgan fingerprint density at radius 2 is 1.80 bits per heavy atom. The second-order valence-corrected chi connectivity index (χ2v) is 7.88. The van der Waals surface area contributed by atoms with Crippen molar-refractivity contribution in [2.75, 3.05) is 0 Å². The van der Waals surface area contributed by atoms with Gasteiger partial charge in [-0.15, -0.1) is 0 Å². The third kappa shape index (κ3) is 3.33. The van der Waals surface area contributed by atoms with Crippen LogP contribution in [0.4, 0.5) is 0 Å². The minimum absolute atomic E-state index is 0.0902. The van der Waals surface area contributed by atoms with Crippen LogP contribution in [-0.4, -0.2) is 16.9 Å². The number of nitrogens with one attached hydrogen (secondary N) is 1. The van der Waals surface area contributed by atoms with E-state index >= 15 is 0 Å². The van der Waals surface area contributed by atoms with Gasteiger partial charge in [0.15, 0.2) is 0 Å². The summed E-state index contributed by atoms with van der Waals surface area (Å²) in [4.78, 5) is 13.2. The van der Waals surface area contributed by atoms with Gasteiger partial charge in [0.1, 0.15) is 0 Å². The SMILES string of the molecule is CC1(C)CCCC(NC(=O)C2(C(N)=S)CCCCC2)C1. The predicted molar refractivity (Wildman–Crippen MR) is 86.5 cm³/mol. The van der Waals surface area contributed by atoms with Gasteiger partial charge in [-0.1, -0.05) is 51.7 Å². The molecule has 3 nitrogen and oxygen atoms in total. The van der Waals surface area contributed by atoms with Crippen molar-refractivity contribution < 1.29 is 4.79 Å². The predicted octanol–water partition coefficient (Wildman–Crippen LogP) is 3.31. The Balaban J connectivity index is 2.03. The van der Waals surface area contributed by atoms with Crippen LogP contribution in [0.15, 0.2) is 0 Å². The summed E-state index contributed by atoms with van der Waals surface area (Å²) in [5, 5.41) is 3.26. The monoisotopic (exact) mass is 296 g/mol. The van der Waals surface area contributed by atoms with Gasteiger partial charge in [-0.25, -0.2) is 0 Å². The largest absolute Gasteiger partial charge is 0.392 e. The Morgan fingerprint density at radius 3 is 2.35 bits per heavy atom. The van der Waals surface area contributed by atoms with E-state index in [9.17, 15) is 4.79 Å². The molecule has 0 radical (unpaired) electrons. The number of hydrogen-bond acceptors (Lipinski definition) is 2. The highest BCUT2D eigenvalue weighted by Gasteiger charge is 2.43. The van der Waals surface area contributed by atoms with Crippen molar-refractivity contribution in [2.45, 2.75) is 77.7 Å². The zero-order valence-electron chi connectivity index (χ0n) is 12.8. The lowest BCUT2D eigenvalue weighted by molar-refractivity contribution is -0.130. The molecule has 2 saturated carbocycles. The van der Waals surface area contributed by atoms with E-state index in [-0.39, 0.29) is 5.91 Å². The summed E-state index contributed by atoms with van der Waals surface area (Å²) in [6.45, 7) is 4.57. The molecular formula is C16H28N2OS. The van der Waals surface area contributed by atoms with Crippen LogP contribution in [0.3, 0.4) is 0 Å². The van der Waals surface area contributed by atoms with Crippen molar-refractivity contribution in [3.63, 3.8) is 0 Å². The first-order chi connectivity index (χ1) is 9.36. The molecule has 1 atom stereocenters. The molecule has 114 valence electrons. The molecule has 2 aliphatic carbocycles. The van der Waals surface area contributed by atoms with Gasteiger partial charge in [0.25, 0.3) is 0 Å². The molecule has 4 heteroatoms. The van der Waals surface area contributed by atoms with E-state index in [0.717, 1.165) is 38.5 Å². The highest BCUT2D eigenvalue weighted by atomic mass is 32.1. The van der Waals surface area contributed by atoms with Crippen LogP contribution in [0.2, 0.25) is 0 Å². The number of thiocarbonyl (C=S) groups is 1. The Morgan fingerprint density at radius 1 is 1.15 bits per heavy atom. The van der Waals surface area contributed by atoms with E-state index in [0.29, 0.717) is 16.4 Å². The molecule has 0 heterocycles. The number of nitrogens with two attached hydrogens (primary N) is 1. The van der Waals surface area contributed by atoms with Gasteiger partial charge < -0.3 is 11.1 Å². The maximum Gasteiger partial charge on any atom is 0.233 e. The van der Waals surface area contributed by atoms with E-state index in [2.05, 4.69) is 19.2 Å². The van der Waals surface area contributed by atoms with Crippen molar-refractivity contribution in [1.29, 1.82) is 0 Å². The molecule has 0 aromatic heterocycles. The van der Waals surface area contributed by atoms with Crippen molar-refractivity contribution >= 4 is 23.1 Å². The molecule has 3 N–H and O–H groups in total. The summed E-state index contributed by atoms with van der Waals surface area (Å²) < 4.78 is 0. The second kappa shape index (κ2) is 6.00. The smallest absolute Gasteiger partial charge is 0.233 e. The first-order valence-corrected chi connectivity index (χ1v) is 8.37. The molecule has 0 aromatic carbocycles. The summed E-state index contributed by atoms with van der Waals surface area (Å²) in [5.41, 5.74) is 5.69. The van der Waals surface area contributed by atoms with Crippen LogP contribution in [0.25, 0.3) is 0 Å². The molecule has 2 rings (SSSR count). The Bertz CT molecular complexity index is 386. The Hall–Kier alpha value is -0.640. The van der Waals surface area contributed by atoms with Gasteiger partial charge in [0.2, 0.25) is 5.91 Å². The normalized spacial score (nSPS) is 28.6. The molecule has 20 heavy (non-hydrogen) atoms. The number of rotatable bonds is 3. The van der Waals surface area contributed by atoms with E-state index < -0.39 is 5.41 Å². The highest BCUT2D eigenvalue weighted by Crippen LogP contribution is 2.39. The maximum absolute atomic E-state index is 12.8. The average molecular weight is 296 g/mol. The van der Waals surface area contributed by atoms with Crippen LogP contribution in [0.5, 0.6) is 0 Å². The first-order valence-electron chi connectivity index (χ1n) is 7.97. The molecule has 1 unspecified atom stereocenters. The zero-order chi connectivity index (χ0) is 14.8. The fraction of sp³-hybridized carbons (Fsp3) is 0.875. The molecule has 2 fully saturated rings. The number of carbonyl (C=O) groups is 1. The molecular weight excluding hydrogens is 268 g/mol. The highest BCUT2D eigenvalue weighted by molar-refractivity contribution is 7.80. The van der Waals surface area contributed by atoms with Crippen molar-refractivity contribution in [1.82, 2.24) is 5.32 Å². The molecule has 0 bridgehead atoms. The maximum atomic E-state index is 12.8. The van der Waals surface area contributed by atoms with Gasteiger partial charge in [-0.05, 0) is 37.5 Å². The third-order valence-electron chi connectivity index (χ3n) is 5.15. The van der Waals surface area contributed by atoms with E-state index in [1.807, 2.05) is 0 Å². The number of carbonyl (C=O) groups excluding carboxylic acids is 1. The summed E-state index contributed by atoms with van der Waals surface area (Å²) >= 11 is 5.23. The van der Waals surface area contributed by atoms with Gasteiger partial charge in [-0.2, -0.15) is 0 Å². The Kier molecular flexibility index (Phi) is 4.73. The summed E-state index contributed by atoms with van der Waals surface area (Å²) in [6, 6.07) is 0.291. The number of hydrogen-bond donors (Lipinski definition) is 2. The lowest BCUT2D eigenvalue weighted by atomic mass is 9.72. The molecule has 0 aliphatic heterocycles. The topological polar surface area (TPSA) is 55.1 Å². The summed E-state index contributed by atoms with van der Waals surface area (Å²) in [5.74, 6) is 0.0902. The van der Waals surface area contributed by atoms with Crippen molar-refractivity contribution in [3.8, 4) is 0 Å². The average Bonchev–Trinajstić information content (AvgIpc) is 2.38. The van der Waals surface area contributed by atoms with E-state index in [1.54, 1.807) is 0 Å². The van der Waals surface area contributed by atoms with Crippen LogP contribution >= 0.6 is 12.2 Å². The quantitative estimate of drug-likeness (QED) is 0.786. The van der Waals surface area contributed by atoms with E-state index in [1.165, 1.54) is 19.3 Å². The summed E-state index contributed by atoms with van der Waals surface area (Å²) in [7, 11) is 0. The van der Waals surface area contributed by atoms with Crippen LogP contribution in [0.1, 0.15) is 71.6 Å². The lowest BCUT2D eigenvalue weighted by Crippen LogP contribution is -2.53.